The summed E-state index contributed by atoms with van der Waals surface area (Å²) in [7, 11) is -1.06. The number of fused-ring (bicyclic) bond motifs is 10. The van der Waals surface area contributed by atoms with Crippen molar-refractivity contribution < 1.29 is 37.7 Å². The Labute approximate surface area is 427 Å². The minimum Gasteiger partial charge on any atom is -0.427 e. The molecule has 0 bridgehead atoms. The Balaban J connectivity index is 0.797. The van der Waals surface area contributed by atoms with Gasteiger partial charge in [0.05, 0.1) is 44.8 Å². The predicted octanol–water partition coefficient (Wildman–Crippen LogP) is 10.5. The molecule has 3 heterocycles. The van der Waals surface area contributed by atoms with E-state index < -0.39 is 66.2 Å². The van der Waals surface area contributed by atoms with E-state index in [1.54, 1.807) is 13.8 Å². The molecule has 0 aliphatic carbocycles. The molecule has 0 amide bonds. The highest BCUT2D eigenvalue weighted by Crippen LogP contribution is 2.47. The zero-order chi connectivity index (χ0) is 51.2. The third kappa shape index (κ3) is 8.11. The lowest BCUT2D eigenvalue weighted by Gasteiger charge is -2.42. The first-order chi connectivity index (χ1) is 33.7. The van der Waals surface area contributed by atoms with Crippen LogP contribution in [0.5, 0.6) is 0 Å². The van der Waals surface area contributed by atoms with Crippen LogP contribution in [0.1, 0.15) is 110 Å². The molecule has 2 unspecified atom stereocenters. The molecule has 0 aromatic heterocycles. The lowest BCUT2D eigenvalue weighted by atomic mass is 9.76. The van der Waals surface area contributed by atoms with Crippen LogP contribution >= 0.6 is 0 Å². The second-order valence-corrected chi connectivity index (χ2v) is 24.5. The summed E-state index contributed by atoms with van der Waals surface area (Å²) in [5.74, 6) is 0. The lowest BCUT2D eigenvalue weighted by Crippen LogP contribution is -2.50. The second-order valence-electron chi connectivity index (χ2n) is 24.5. The molecule has 3 saturated heterocycles. The zero-order valence-corrected chi connectivity index (χ0v) is 44.7. The summed E-state index contributed by atoms with van der Waals surface area (Å²) in [5.41, 5.74) is -0.770. The molecule has 0 saturated carbocycles. The summed E-state index contributed by atoms with van der Waals surface area (Å²) in [6.45, 7) is 28.7. The van der Waals surface area contributed by atoms with E-state index in [-0.39, 0.29) is 0 Å². The molecule has 11 rings (SSSR count). The molecule has 72 heavy (non-hydrogen) atoms. The molecule has 1 N–H and O–H groups in total. The minimum atomic E-state index is -0.968. The van der Waals surface area contributed by atoms with Gasteiger partial charge in [-0.3, -0.25) is 0 Å². The maximum Gasteiger partial charge on any atom is 0.494 e. The normalized spacial score (nSPS) is 23.0. The molecule has 0 spiro atoms. The van der Waals surface area contributed by atoms with E-state index in [0.717, 1.165) is 48.8 Å². The Morgan fingerprint density at radius 1 is 0.403 bits per heavy atom. The quantitative estimate of drug-likeness (QED) is 0.107. The van der Waals surface area contributed by atoms with Gasteiger partial charge in [0.25, 0.3) is 0 Å². The zero-order valence-electron chi connectivity index (χ0n) is 44.7. The molecule has 2 atom stereocenters. The molecular weight excluding hydrogens is 892 g/mol. The van der Waals surface area contributed by atoms with Crippen LogP contribution in [-0.2, 0) is 32.6 Å². The molecular formula is C60H68B4O8. The van der Waals surface area contributed by atoms with Crippen molar-refractivity contribution in [3.05, 3.63) is 121 Å². The predicted molar refractivity (Wildman–Crippen MR) is 301 cm³/mol. The summed E-state index contributed by atoms with van der Waals surface area (Å²) < 4.78 is 46.7. The van der Waals surface area contributed by atoms with Gasteiger partial charge in [-0.1, -0.05) is 127 Å². The van der Waals surface area contributed by atoms with E-state index in [1.165, 1.54) is 37.7 Å². The average Bonchev–Trinajstić information content (AvgIpc) is 3.82. The Morgan fingerprint density at radius 2 is 0.750 bits per heavy atom. The van der Waals surface area contributed by atoms with E-state index in [0.29, 0.717) is 20.3 Å². The first-order valence-electron chi connectivity index (χ1n) is 25.9. The summed E-state index contributed by atoms with van der Waals surface area (Å²) in [6, 6.07) is 43.9. The van der Waals surface area contributed by atoms with Crippen LogP contribution in [0, 0.1) is 0 Å². The largest absolute Gasteiger partial charge is 0.494 e. The van der Waals surface area contributed by atoms with Gasteiger partial charge in [-0.25, -0.2) is 0 Å². The second kappa shape index (κ2) is 16.6. The lowest BCUT2D eigenvalue weighted by molar-refractivity contribution is -0.0893. The molecule has 3 fully saturated rings. The van der Waals surface area contributed by atoms with Gasteiger partial charge >= 0.3 is 28.8 Å². The van der Waals surface area contributed by atoms with Gasteiger partial charge in [-0.05, 0) is 191 Å². The molecule has 0 radical (unpaired) electrons. The highest BCUT2D eigenvalue weighted by Gasteiger charge is 2.59. The summed E-state index contributed by atoms with van der Waals surface area (Å²) >= 11 is 0. The van der Waals surface area contributed by atoms with Gasteiger partial charge in [0.1, 0.15) is 0 Å². The van der Waals surface area contributed by atoms with Gasteiger partial charge in [-0.15, -0.1) is 0 Å². The topological polar surface area (TPSA) is 84.8 Å². The smallest absolute Gasteiger partial charge is 0.427 e. The van der Waals surface area contributed by atoms with Crippen molar-refractivity contribution >= 4 is 115 Å². The average molecular weight is 960 g/mol. The molecule has 3 aliphatic heterocycles. The van der Waals surface area contributed by atoms with Crippen molar-refractivity contribution in [3.63, 3.8) is 0 Å². The van der Waals surface area contributed by atoms with Crippen LogP contribution in [0.15, 0.2) is 121 Å². The van der Waals surface area contributed by atoms with E-state index >= 15 is 0 Å². The number of aliphatic hydroxyl groups is 1. The van der Waals surface area contributed by atoms with Crippen LogP contribution in [-0.4, -0.2) is 78.8 Å². The monoisotopic (exact) mass is 961 g/mol. The van der Waals surface area contributed by atoms with Gasteiger partial charge in [0, 0.05) is 0 Å². The number of rotatable bonds is 10. The van der Waals surface area contributed by atoms with Crippen LogP contribution in [0.2, 0.25) is 0 Å². The first-order valence-corrected chi connectivity index (χ1v) is 25.9. The molecule has 8 nitrogen and oxygen atoms in total. The third-order valence-corrected chi connectivity index (χ3v) is 18.1. The van der Waals surface area contributed by atoms with Gasteiger partial charge < -0.3 is 37.7 Å². The van der Waals surface area contributed by atoms with E-state index in [9.17, 15) is 5.11 Å². The molecule has 12 heteroatoms. The van der Waals surface area contributed by atoms with Crippen molar-refractivity contribution in [3.8, 4) is 0 Å². The summed E-state index contributed by atoms with van der Waals surface area (Å²) in [4.78, 5) is 0. The van der Waals surface area contributed by atoms with Crippen LogP contribution in [0.4, 0.5) is 0 Å². The Morgan fingerprint density at radius 3 is 1.22 bits per heavy atom. The minimum absolute atomic E-state index is 0.394. The summed E-state index contributed by atoms with van der Waals surface area (Å²) in [6.07, 6.45) is 1.40. The SMILES string of the molecule is CC(C)(O)C(C)(C)OBc1ccc2c(ccc3c4cc(B5OC(C)(C)C(C)(CCC6(C)OB(c7ccc8c(ccc9c%10ccc(B%11OC(C)(C)C(C)(C)O%11)cc%10ccc89)c7)OC6(C)C)O5)ccc4ccc23)c1. The number of hydrogen-bond acceptors (Lipinski definition) is 8. The summed E-state index contributed by atoms with van der Waals surface area (Å²) in [5, 5.41) is 24.7. The van der Waals surface area contributed by atoms with Crippen LogP contribution in [0.25, 0.3) is 64.6 Å². The first kappa shape index (κ1) is 49.5. The van der Waals surface area contributed by atoms with Gasteiger partial charge in [0.15, 0.2) is 0 Å². The van der Waals surface area contributed by atoms with E-state index in [4.69, 9.17) is 32.6 Å². The van der Waals surface area contributed by atoms with Crippen molar-refractivity contribution in [2.75, 3.05) is 0 Å². The maximum atomic E-state index is 10.6. The molecule has 8 aromatic carbocycles. The Bertz CT molecular complexity index is 3470. The highest BCUT2D eigenvalue weighted by molar-refractivity contribution is 6.63. The van der Waals surface area contributed by atoms with Crippen molar-refractivity contribution in [2.45, 2.75) is 155 Å². The van der Waals surface area contributed by atoms with E-state index in [2.05, 4.69) is 191 Å². The fourth-order valence-corrected chi connectivity index (χ4v) is 10.9. The van der Waals surface area contributed by atoms with Gasteiger partial charge in [-0.2, -0.15) is 0 Å². The van der Waals surface area contributed by atoms with Crippen LogP contribution in [0.3, 0.4) is 0 Å². The Hall–Kier alpha value is -4.74. The molecule has 3 aliphatic rings. The van der Waals surface area contributed by atoms with Crippen molar-refractivity contribution in [1.82, 2.24) is 0 Å². The standard InChI is InChI=1S/C60H68B4O8/c1-53(2,65)54(3,4)66-61-41-20-28-45-38(33-41)17-27-51-50(45)24-16-37-15-21-44(36-52(37)51)64-70-58(11,12)60(14,72-64)32-31-59(13)57(9,10)69-63(71-59)43-23-30-47-40(35-43)19-26-48-46-29-22-42(34-39(46)18-25-49(47)48)62-67-55(5,6)56(7,8)68-62/h15-30,33-36,61,65H,31-32H2,1-14H3. The Kier molecular flexibility index (Phi) is 11.4. The highest BCUT2D eigenvalue weighted by atomic mass is 16.7. The number of benzene rings is 8. The molecule has 8 aromatic rings. The van der Waals surface area contributed by atoms with E-state index in [1.807, 2.05) is 13.8 Å². The fraction of sp³-hybridized carbons (Fsp3) is 0.400. The number of hydrogen-bond donors (Lipinski definition) is 1. The maximum absolute atomic E-state index is 10.6. The van der Waals surface area contributed by atoms with Crippen molar-refractivity contribution in [1.29, 1.82) is 0 Å². The fourth-order valence-electron chi connectivity index (χ4n) is 10.9. The third-order valence-electron chi connectivity index (χ3n) is 18.1. The van der Waals surface area contributed by atoms with Gasteiger partial charge in [0.2, 0.25) is 0 Å². The van der Waals surface area contributed by atoms with Crippen LogP contribution < -0.4 is 21.9 Å². The van der Waals surface area contributed by atoms with Crippen molar-refractivity contribution in [2.24, 2.45) is 0 Å². The molecule has 368 valence electrons.